The molecule has 1 aromatic heterocycles. The van der Waals surface area contributed by atoms with Gasteiger partial charge in [0.2, 0.25) is 5.88 Å². The van der Waals surface area contributed by atoms with Crippen LogP contribution < -0.4 is 4.74 Å². The fraction of sp³-hybridized carbons (Fsp3) is 0.333. The lowest BCUT2D eigenvalue weighted by atomic mass is 10.2. The Hall–Kier alpha value is -1.32. The first-order valence-electron chi connectivity index (χ1n) is 6.38. The van der Waals surface area contributed by atoms with Crippen LogP contribution in [0.25, 0.3) is 0 Å². The fourth-order valence-electron chi connectivity index (χ4n) is 1.66. The normalized spacial score (nSPS) is 10.9. The first kappa shape index (κ1) is 15.1. The van der Waals surface area contributed by atoms with Crippen LogP contribution in [0.2, 0.25) is 10.2 Å². The third-order valence-electron chi connectivity index (χ3n) is 2.84. The highest BCUT2D eigenvalue weighted by Gasteiger charge is 2.13. The Morgan fingerprint density at radius 3 is 2.60 bits per heavy atom. The molecule has 0 aliphatic heterocycles. The number of nitrogens with zero attached hydrogens (tertiary/aromatic N) is 2. The Labute approximate surface area is 128 Å². The fourth-order valence-corrected chi connectivity index (χ4v) is 2.04. The molecule has 0 saturated carbocycles. The Balaban J connectivity index is 2.20. The van der Waals surface area contributed by atoms with Crippen molar-refractivity contribution >= 4 is 23.2 Å². The van der Waals surface area contributed by atoms with Gasteiger partial charge in [0.15, 0.2) is 0 Å². The van der Waals surface area contributed by atoms with Crippen LogP contribution in [-0.4, -0.2) is 9.97 Å². The van der Waals surface area contributed by atoms with Gasteiger partial charge < -0.3 is 4.74 Å². The van der Waals surface area contributed by atoms with Crippen molar-refractivity contribution in [2.45, 2.75) is 33.3 Å². The Morgan fingerprint density at radius 2 is 1.95 bits per heavy atom. The first-order chi connectivity index (χ1) is 9.47. The van der Waals surface area contributed by atoms with E-state index in [1.165, 1.54) is 0 Å². The molecule has 5 heteroatoms. The largest absolute Gasteiger partial charge is 0.472 e. The van der Waals surface area contributed by atoms with E-state index >= 15 is 0 Å². The van der Waals surface area contributed by atoms with Crippen LogP contribution in [0, 0.1) is 6.92 Å². The van der Waals surface area contributed by atoms with E-state index in [9.17, 15) is 0 Å². The van der Waals surface area contributed by atoms with Crippen LogP contribution in [0.1, 0.15) is 36.7 Å². The summed E-state index contributed by atoms with van der Waals surface area (Å²) in [7, 11) is 0. The maximum absolute atomic E-state index is 6.12. The zero-order chi connectivity index (χ0) is 14.7. The van der Waals surface area contributed by atoms with E-state index in [0.29, 0.717) is 28.5 Å². The molecule has 0 fully saturated rings. The van der Waals surface area contributed by atoms with Crippen LogP contribution in [0.5, 0.6) is 5.88 Å². The molecule has 2 rings (SSSR count). The zero-order valence-electron chi connectivity index (χ0n) is 11.7. The molecule has 1 heterocycles. The standard InChI is InChI=1S/C15H16Cl2N2O/c1-9(2)14-18-13(17)10(3)15(19-14)20-8-11-5-4-6-12(16)7-11/h4-7,9H,8H2,1-3H3. The third kappa shape index (κ3) is 3.62. The number of benzene rings is 1. The van der Waals surface area contributed by atoms with E-state index in [4.69, 9.17) is 27.9 Å². The van der Waals surface area contributed by atoms with Crippen LogP contribution in [0.3, 0.4) is 0 Å². The summed E-state index contributed by atoms with van der Waals surface area (Å²) in [6, 6.07) is 7.53. The van der Waals surface area contributed by atoms with Gasteiger partial charge in [0.1, 0.15) is 17.6 Å². The van der Waals surface area contributed by atoms with Crippen molar-refractivity contribution in [3.8, 4) is 5.88 Å². The van der Waals surface area contributed by atoms with E-state index in [2.05, 4.69) is 9.97 Å². The van der Waals surface area contributed by atoms with Crippen molar-refractivity contribution in [3.63, 3.8) is 0 Å². The van der Waals surface area contributed by atoms with E-state index < -0.39 is 0 Å². The lowest BCUT2D eigenvalue weighted by Gasteiger charge is -2.12. The minimum atomic E-state index is 0.196. The van der Waals surface area contributed by atoms with Gasteiger partial charge in [0, 0.05) is 16.5 Å². The van der Waals surface area contributed by atoms with Gasteiger partial charge in [-0.05, 0) is 24.6 Å². The summed E-state index contributed by atoms with van der Waals surface area (Å²) < 4.78 is 5.76. The minimum absolute atomic E-state index is 0.196. The van der Waals surface area contributed by atoms with E-state index in [1.54, 1.807) is 0 Å². The Bertz CT molecular complexity index is 615. The molecule has 0 N–H and O–H groups in total. The SMILES string of the molecule is Cc1c(Cl)nc(C(C)C)nc1OCc1cccc(Cl)c1. The van der Waals surface area contributed by atoms with Gasteiger partial charge in [-0.15, -0.1) is 0 Å². The van der Waals surface area contributed by atoms with Gasteiger partial charge in [-0.3, -0.25) is 0 Å². The molecule has 0 spiro atoms. The molecule has 0 unspecified atom stereocenters. The van der Waals surface area contributed by atoms with Crippen LogP contribution in [0.15, 0.2) is 24.3 Å². The molecule has 20 heavy (non-hydrogen) atoms. The summed E-state index contributed by atoms with van der Waals surface area (Å²) in [4.78, 5) is 8.67. The van der Waals surface area contributed by atoms with Gasteiger partial charge in [-0.25, -0.2) is 4.98 Å². The van der Waals surface area contributed by atoms with Gasteiger partial charge in [-0.1, -0.05) is 49.2 Å². The molecule has 0 aliphatic carbocycles. The molecule has 0 atom stereocenters. The summed E-state index contributed by atoms with van der Waals surface area (Å²) in [6.07, 6.45) is 0. The number of halogens is 2. The zero-order valence-corrected chi connectivity index (χ0v) is 13.2. The molecule has 3 nitrogen and oxygen atoms in total. The van der Waals surface area contributed by atoms with Crippen molar-refractivity contribution < 1.29 is 4.74 Å². The minimum Gasteiger partial charge on any atom is -0.472 e. The van der Waals surface area contributed by atoms with E-state index in [1.807, 2.05) is 45.0 Å². The summed E-state index contributed by atoms with van der Waals surface area (Å²) in [6.45, 7) is 6.27. The molecule has 0 saturated heterocycles. The summed E-state index contributed by atoms with van der Waals surface area (Å²) >= 11 is 12.1. The quantitative estimate of drug-likeness (QED) is 0.761. The second-order valence-corrected chi connectivity index (χ2v) is 5.67. The predicted octanol–water partition coefficient (Wildman–Crippen LogP) is 4.79. The van der Waals surface area contributed by atoms with Crippen molar-refractivity contribution in [1.82, 2.24) is 9.97 Å². The number of hydrogen-bond donors (Lipinski definition) is 0. The topological polar surface area (TPSA) is 35.0 Å². The van der Waals surface area contributed by atoms with E-state index in [0.717, 1.165) is 11.1 Å². The second kappa shape index (κ2) is 6.42. The van der Waals surface area contributed by atoms with Crippen molar-refractivity contribution in [2.24, 2.45) is 0 Å². The van der Waals surface area contributed by atoms with Gasteiger partial charge >= 0.3 is 0 Å². The maximum atomic E-state index is 6.12. The van der Waals surface area contributed by atoms with Crippen molar-refractivity contribution in [1.29, 1.82) is 0 Å². The molecule has 2 aromatic rings. The predicted molar refractivity (Wildman–Crippen MR) is 81.7 cm³/mol. The lowest BCUT2D eigenvalue weighted by Crippen LogP contribution is -2.05. The average Bonchev–Trinajstić information content (AvgIpc) is 2.40. The molecule has 1 aromatic carbocycles. The van der Waals surface area contributed by atoms with Gasteiger partial charge in [0.25, 0.3) is 0 Å². The lowest BCUT2D eigenvalue weighted by molar-refractivity contribution is 0.289. The molecule has 0 aliphatic rings. The van der Waals surface area contributed by atoms with Gasteiger partial charge in [-0.2, -0.15) is 4.98 Å². The smallest absolute Gasteiger partial charge is 0.221 e. The van der Waals surface area contributed by atoms with Gasteiger partial charge in [0.05, 0.1) is 0 Å². The highest BCUT2D eigenvalue weighted by molar-refractivity contribution is 6.30. The highest BCUT2D eigenvalue weighted by atomic mass is 35.5. The monoisotopic (exact) mass is 310 g/mol. The molecule has 0 amide bonds. The number of hydrogen-bond acceptors (Lipinski definition) is 3. The second-order valence-electron chi connectivity index (χ2n) is 4.88. The van der Waals surface area contributed by atoms with Crippen LogP contribution >= 0.6 is 23.2 Å². The number of aromatic nitrogens is 2. The van der Waals surface area contributed by atoms with E-state index in [-0.39, 0.29) is 5.92 Å². The molecule has 106 valence electrons. The number of ether oxygens (including phenoxy) is 1. The summed E-state index contributed by atoms with van der Waals surface area (Å²) in [5, 5.41) is 1.12. The average molecular weight is 311 g/mol. The highest BCUT2D eigenvalue weighted by Crippen LogP contribution is 2.25. The molecular weight excluding hydrogens is 295 g/mol. The van der Waals surface area contributed by atoms with Crippen molar-refractivity contribution in [3.05, 3.63) is 51.4 Å². The van der Waals surface area contributed by atoms with Crippen LogP contribution in [-0.2, 0) is 6.61 Å². The van der Waals surface area contributed by atoms with Crippen LogP contribution in [0.4, 0.5) is 0 Å². The summed E-state index contributed by atoms with van der Waals surface area (Å²) in [5.41, 5.74) is 1.73. The molecular formula is C15H16Cl2N2O. The molecule has 0 bridgehead atoms. The Morgan fingerprint density at radius 1 is 1.20 bits per heavy atom. The Kier molecular flexibility index (Phi) is 4.84. The maximum Gasteiger partial charge on any atom is 0.221 e. The summed E-state index contributed by atoms with van der Waals surface area (Å²) in [5.74, 6) is 1.40. The third-order valence-corrected chi connectivity index (χ3v) is 3.44. The molecule has 0 radical (unpaired) electrons. The van der Waals surface area contributed by atoms with Crippen molar-refractivity contribution in [2.75, 3.05) is 0 Å². The first-order valence-corrected chi connectivity index (χ1v) is 7.14. The number of rotatable bonds is 4.